The van der Waals surface area contributed by atoms with Gasteiger partial charge in [-0.25, -0.2) is 24.0 Å². The molecular formula is C45H54O12. The van der Waals surface area contributed by atoms with Crippen LogP contribution < -0.4 is 14.2 Å². The van der Waals surface area contributed by atoms with E-state index in [1.165, 1.54) is 18.2 Å². The summed E-state index contributed by atoms with van der Waals surface area (Å²) in [7, 11) is 0. The number of hydrogen-bond acceptors (Lipinski definition) is 12. The molecule has 0 radical (unpaired) electrons. The van der Waals surface area contributed by atoms with Crippen LogP contribution in [0.3, 0.4) is 0 Å². The molecule has 0 spiro atoms. The van der Waals surface area contributed by atoms with Crippen molar-refractivity contribution < 1.29 is 57.1 Å². The number of esters is 5. The summed E-state index contributed by atoms with van der Waals surface area (Å²) in [5.41, 5.74) is 1.36. The molecule has 0 aliphatic heterocycles. The third-order valence-electron chi connectivity index (χ3n) is 8.43. The molecule has 0 aliphatic carbocycles. The average molecular weight is 787 g/mol. The molecule has 3 aromatic rings. The predicted octanol–water partition coefficient (Wildman–Crippen LogP) is 8.95. The van der Waals surface area contributed by atoms with Gasteiger partial charge in [-0.1, -0.05) is 51.5 Å². The van der Waals surface area contributed by atoms with Crippen LogP contribution in [-0.4, -0.2) is 62.9 Å². The number of hydrogen-bond donors (Lipinski definition) is 0. The van der Waals surface area contributed by atoms with Gasteiger partial charge < -0.3 is 33.2 Å². The highest BCUT2D eigenvalue weighted by molar-refractivity contribution is 5.97. The minimum atomic E-state index is -0.716. The molecule has 0 aliphatic rings. The topological polar surface area (TPSA) is 150 Å². The molecule has 0 heterocycles. The SMILES string of the molecule is C=CC(=O)OCCCCCCOCc1ccc(C(=O)Oc2ccc(OC(=O)c3ccc(OCCCCCCOC(=O)C=C)cc3)c(C(=O)OCCCCC)c2)cc1. The van der Waals surface area contributed by atoms with E-state index >= 15 is 0 Å². The molecule has 3 rings (SSSR count). The summed E-state index contributed by atoms with van der Waals surface area (Å²) in [4.78, 5) is 61.5. The maximum absolute atomic E-state index is 13.2. The van der Waals surface area contributed by atoms with Crippen molar-refractivity contribution >= 4 is 29.8 Å². The smallest absolute Gasteiger partial charge is 0.343 e. The van der Waals surface area contributed by atoms with Crippen LogP contribution in [0, 0.1) is 0 Å². The molecule has 0 N–H and O–H groups in total. The second-order valence-electron chi connectivity index (χ2n) is 13.0. The normalized spacial score (nSPS) is 10.5. The van der Waals surface area contributed by atoms with Crippen molar-refractivity contribution in [1.82, 2.24) is 0 Å². The Hall–Kier alpha value is -5.75. The van der Waals surface area contributed by atoms with Crippen molar-refractivity contribution in [2.45, 2.75) is 84.2 Å². The number of carbonyl (C=O) groups excluding carboxylic acids is 5. The third-order valence-corrected chi connectivity index (χ3v) is 8.43. The number of unbranched alkanes of at least 4 members (excludes halogenated alkanes) is 8. The van der Waals surface area contributed by atoms with Crippen LogP contribution in [-0.2, 0) is 35.1 Å². The molecule has 0 aromatic heterocycles. The van der Waals surface area contributed by atoms with E-state index in [4.69, 9.17) is 33.2 Å². The largest absolute Gasteiger partial charge is 0.494 e. The quantitative estimate of drug-likeness (QED) is 0.0227. The molecule has 3 aromatic carbocycles. The molecule has 57 heavy (non-hydrogen) atoms. The summed E-state index contributed by atoms with van der Waals surface area (Å²) >= 11 is 0. The third kappa shape index (κ3) is 18.2. The van der Waals surface area contributed by atoms with Crippen LogP contribution in [0.5, 0.6) is 17.2 Å². The van der Waals surface area contributed by atoms with Gasteiger partial charge in [0.1, 0.15) is 22.8 Å². The van der Waals surface area contributed by atoms with E-state index in [0.29, 0.717) is 50.8 Å². The molecule has 0 saturated carbocycles. The van der Waals surface area contributed by atoms with E-state index in [2.05, 4.69) is 13.2 Å². The molecule has 306 valence electrons. The Labute approximate surface area is 335 Å². The number of ether oxygens (including phenoxy) is 7. The molecule has 0 saturated heterocycles. The Kier molecular flexibility index (Phi) is 21.6. The standard InChI is InChI=1S/C45H54O12/c1-4-7-12-31-55-45(50)39-32-38(56-43(48)35-19-17-34(18-20-35)33-51-27-13-8-9-15-29-53-41(46)5-2)25-26-40(39)57-44(49)36-21-23-37(24-22-36)52-28-14-10-11-16-30-54-42(47)6-3/h5-6,17-26,32H,2-4,7-16,27-31,33H2,1H3. The predicted molar refractivity (Wildman–Crippen MR) is 213 cm³/mol. The molecule has 0 unspecified atom stereocenters. The van der Waals surface area contributed by atoms with Crippen LogP contribution >= 0.6 is 0 Å². The zero-order valence-electron chi connectivity index (χ0n) is 32.8. The molecule has 0 atom stereocenters. The molecule has 0 fully saturated rings. The van der Waals surface area contributed by atoms with Gasteiger partial charge in [0.2, 0.25) is 0 Å². The number of carbonyl (C=O) groups is 5. The Balaban J connectivity index is 1.52. The minimum absolute atomic E-state index is 0.0433. The fraction of sp³-hybridized carbons (Fsp3) is 0.400. The number of benzene rings is 3. The Bertz CT molecular complexity index is 1730. The zero-order valence-corrected chi connectivity index (χ0v) is 32.8. The van der Waals surface area contributed by atoms with E-state index in [1.807, 2.05) is 6.92 Å². The van der Waals surface area contributed by atoms with E-state index in [0.717, 1.165) is 81.9 Å². The first-order valence-corrected chi connectivity index (χ1v) is 19.5. The Morgan fingerprint density at radius 3 is 1.63 bits per heavy atom. The minimum Gasteiger partial charge on any atom is -0.494 e. The Morgan fingerprint density at radius 1 is 0.526 bits per heavy atom. The second kappa shape index (κ2) is 27.0. The fourth-order valence-electron chi connectivity index (χ4n) is 5.23. The summed E-state index contributed by atoms with van der Waals surface area (Å²) < 4.78 is 38.2. The van der Waals surface area contributed by atoms with Gasteiger partial charge in [0.25, 0.3) is 0 Å². The molecule has 0 bridgehead atoms. The first-order valence-electron chi connectivity index (χ1n) is 19.5. The van der Waals surface area contributed by atoms with Gasteiger partial charge in [-0.05, 0) is 112 Å². The maximum Gasteiger partial charge on any atom is 0.343 e. The summed E-state index contributed by atoms with van der Waals surface area (Å²) in [6.07, 6.45) is 11.7. The van der Waals surface area contributed by atoms with Crippen molar-refractivity contribution in [3.63, 3.8) is 0 Å². The van der Waals surface area contributed by atoms with Gasteiger partial charge in [0.05, 0.1) is 44.2 Å². The highest BCUT2D eigenvalue weighted by Gasteiger charge is 2.21. The summed E-state index contributed by atoms with van der Waals surface area (Å²) in [5, 5.41) is 0. The first-order chi connectivity index (χ1) is 27.7. The molecule has 0 amide bonds. The van der Waals surface area contributed by atoms with Crippen molar-refractivity contribution in [1.29, 1.82) is 0 Å². The highest BCUT2D eigenvalue weighted by atomic mass is 16.6. The second-order valence-corrected chi connectivity index (χ2v) is 13.0. The van der Waals surface area contributed by atoms with Crippen LogP contribution in [0.4, 0.5) is 0 Å². The van der Waals surface area contributed by atoms with Crippen molar-refractivity contribution in [3.8, 4) is 17.2 Å². The number of rotatable bonds is 28. The fourth-order valence-corrected chi connectivity index (χ4v) is 5.23. The average Bonchev–Trinajstić information content (AvgIpc) is 3.23. The van der Waals surface area contributed by atoms with Gasteiger partial charge in [0.15, 0.2) is 0 Å². The van der Waals surface area contributed by atoms with Gasteiger partial charge in [-0.15, -0.1) is 0 Å². The van der Waals surface area contributed by atoms with E-state index in [1.54, 1.807) is 48.5 Å². The summed E-state index contributed by atoms with van der Waals surface area (Å²) in [6.45, 7) is 11.1. The zero-order chi connectivity index (χ0) is 41.1. The monoisotopic (exact) mass is 786 g/mol. The summed E-state index contributed by atoms with van der Waals surface area (Å²) in [5.74, 6) is -2.27. The van der Waals surface area contributed by atoms with Gasteiger partial charge in [0, 0.05) is 18.8 Å². The van der Waals surface area contributed by atoms with Crippen LogP contribution in [0.15, 0.2) is 92.0 Å². The van der Waals surface area contributed by atoms with Crippen LogP contribution in [0.2, 0.25) is 0 Å². The lowest BCUT2D eigenvalue weighted by atomic mass is 10.1. The van der Waals surface area contributed by atoms with E-state index in [-0.39, 0.29) is 29.2 Å². The van der Waals surface area contributed by atoms with Crippen molar-refractivity contribution in [3.05, 3.63) is 114 Å². The lowest BCUT2D eigenvalue weighted by Crippen LogP contribution is -2.14. The highest BCUT2D eigenvalue weighted by Crippen LogP contribution is 2.27. The van der Waals surface area contributed by atoms with E-state index in [9.17, 15) is 24.0 Å². The van der Waals surface area contributed by atoms with Gasteiger partial charge in [-0.3, -0.25) is 0 Å². The molecule has 12 heteroatoms. The summed E-state index contributed by atoms with van der Waals surface area (Å²) in [6, 6.07) is 17.4. The van der Waals surface area contributed by atoms with Crippen molar-refractivity contribution in [2.24, 2.45) is 0 Å². The first kappa shape index (κ1) is 45.6. The van der Waals surface area contributed by atoms with Crippen LogP contribution in [0.25, 0.3) is 0 Å². The van der Waals surface area contributed by atoms with E-state index < -0.39 is 29.8 Å². The lowest BCUT2D eigenvalue weighted by molar-refractivity contribution is -0.138. The van der Waals surface area contributed by atoms with Gasteiger partial charge >= 0.3 is 29.8 Å². The lowest BCUT2D eigenvalue weighted by Gasteiger charge is -2.13. The van der Waals surface area contributed by atoms with Crippen LogP contribution in [0.1, 0.15) is 114 Å². The molecule has 12 nitrogen and oxygen atoms in total. The molecular weight excluding hydrogens is 732 g/mol. The Morgan fingerprint density at radius 2 is 1.04 bits per heavy atom. The van der Waals surface area contributed by atoms with Gasteiger partial charge in [-0.2, -0.15) is 0 Å². The maximum atomic E-state index is 13.2. The van der Waals surface area contributed by atoms with Crippen molar-refractivity contribution in [2.75, 3.05) is 33.0 Å².